The van der Waals surface area contributed by atoms with E-state index in [4.69, 9.17) is 9.47 Å². The van der Waals surface area contributed by atoms with Crippen LogP contribution < -0.4 is 20.1 Å². The van der Waals surface area contributed by atoms with Gasteiger partial charge in [-0.15, -0.1) is 10.2 Å². The number of rotatable bonds is 16. The molecule has 8 rings (SSSR count). The molecule has 0 radical (unpaired) electrons. The van der Waals surface area contributed by atoms with Crippen LogP contribution in [-0.4, -0.2) is 76.5 Å². The smallest absolute Gasteiger partial charge is 0.177 e. The topological polar surface area (TPSA) is 170 Å². The molecule has 4 heterocycles. The van der Waals surface area contributed by atoms with Gasteiger partial charge in [0.15, 0.2) is 23.3 Å². The Hall–Kier alpha value is -7.04. The van der Waals surface area contributed by atoms with Crippen LogP contribution in [0.2, 0.25) is 0 Å². The average molecular weight is 871 g/mol. The van der Waals surface area contributed by atoms with E-state index in [0.29, 0.717) is 96.1 Å². The largest absolute Gasteiger partial charge is 0.494 e. The molecular formula is C48H52F2N10O4. The Bertz CT molecular complexity index is 2650. The number of anilines is 2. The predicted octanol–water partition coefficient (Wildman–Crippen LogP) is 9.01. The maximum Gasteiger partial charge on any atom is 0.177 e. The van der Waals surface area contributed by atoms with Crippen molar-refractivity contribution in [2.45, 2.75) is 66.6 Å². The van der Waals surface area contributed by atoms with E-state index in [1.54, 1.807) is 33.6 Å². The lowest BCUT2D eigenvalue weighted by molar-refractivity contribution is 0.171. The number of aliphatic hydroxyl groups excluding tert-OH is 2. The van der Waals surface area contributed by atoms with Crippen molar-refractivity contribution < 1.29 is 28.5 Å². The number of nitrogens with zero attached hydrogens (tertiary/aromatic N) is 8. The van der Waals surface area contributed by atoms with Gasteiger partial charge in [0.25, 0.3) is 0 Å². The number of ether oxygens (including phenoxy) is 2. The molecular weight excluding hydrogens is 819 g/mol. The molecule has 0 fully saturated rings. The summed E-state index contributed by atoms with van der Waals surface area (Å²) >= 11 is 0. The third-order valence-corrected chi connectivity index (χ3v) is 10.7. The lowest BCUT2D eigenvalue weighted by Crippen LogP contribution is -2.10. The van der Waals surface area contributed by atoms with Crippen LogP contribution in [0.25, 0.3) is 33.2 Å². The molecule has 0 aliphatic rings. The van der Waals surface area contributed by atoms with Gasteiger partial charge in [0.1, 0.15) is 33.9 Å². The van der Waals surface area contributed by atoms with Gasteiger partial charge in [-0.3, -0.25) is 0 Å². The first-order valence-electron chi connectivity index (χ1n) is 21.2. The van der Waals surface area contributed by atoms with E-state index in [2.05, 4.69) is 41.2 Å². The highest BCUT2D eigenvalue weighted by molar-refractivity contribution is 5.93. The molecule has 4 aromatic heterocycles. The summed E-state index contributed by atoms with van der Waals surface area (Å²) in [6.07, 6.45) is -0.188. The van der Waals surface area contributed by atoms with Crippen molar-refractivity contribution in [1.29, 1.82) is 0 Å². The van der Waals surface area contributed by atoms with Crippen LogP contribution in [0.3, 0.4) is 0 Å². The zero-order valence-corrected chi connectivity index (χ0v) is 36.7. The van der Waals surface area contributed by atoms with Gasteiger partial charge in [0, 0.05) is 25.2 Å². The maximum absolute atomic E-state index is 14.8. The van der Waals surface area contributed by atoms with E-state index in [1.807, 2.05) is 102 Å². The highest BCUT2D eigenvalue weighted by Crippen LogP contribution is 2.31. The molecule has 16 heteroatoms. The highest BCUT2D eigenvalue weighted by atomic mass is 19.1. The summed E-state index contributed by atoms with van der Waals surface area (Å²) in [5.41, 5.74) is 6.55. The van der Waals surface area contributed by atoms with E-state index in [9.17, 15) is 19.0 Å². The lowest BCUT2D eigenvalue weighted by atomic mass is 10.1. The molecule has 0 bridgehead atoms. The van der Waals surface area contributed by atoms with Crippen molar-refractivity contribution in [2.75, 3.05) is 36.9 Å². The molecule has 0 saturated heterocycles. The van der Waals surface area contributed by atoms with Gasteiger partial charge in [-0.2, -0.15) is 20.4 Å². The highest BCUT2D eigenvalue weighted by Gasteiger charge is 2.21. The molecule has 0 spiro atoms. The number of benzene rings is 4. The number of aryl methyl sites for hydroxylation is 4. The van der Waals surface area contributed by atoms with Crippen molar-refractivity contribution in [3.05, 3.63) is 143 Å². The summed E-state index contributed by atoms with van der Waals surface area (Å²) in [4.78, 5) is 0. The van der Waals surface area contributed by atoms with Gasteiger partial charge >= 0.3 is 0 Å². The van der Waals surface area contributed by atoms with Crippen molar-refractivity contribution in [2.24, 2.45) is 0 Å². The van der Waals surface area contributed by atoms with Crippen molar-refractivity contribution in [3.63, 3.8) is 0 Å². The average Bonchev–Trinajstić information content (AvgIpc) is 3.83. The molecule has 332 valence electrons. The van der Waals surface area contributed by atoms with E-state index in [0.717, 1.165) is 33.3 Å². The molecule has 14 nitrogen and oxygen atoms in total. The van der Waals surface area contributed by atoms with Crippen LogP contribution in [0.15, 0.2) is 97.1 Å². The normalized spacial score (nSPS) is 12.2. The van der Waals surface area contributed by atoms with Gasteiger partial charge < -0.3 is 30.3 Å². The Morgan fingerprint density at radius 3 is 1.31 bits per heavy atom. The Labute approximate surface area is 369 Å². The maximum atomic E-state index is 14.8. The van der Waals surface area contributed by atoms with Crippen molar-refractivity contribution in [3.8, 4) is 22.9 Å². The van der Waals surface area contributed by atoms with E-state index in [-0.39, 0.29) is 0 Å². The zero-order valence-electron chi connectivity index (χ0n) is 36.7. The molecule has 0 unspecified atom stereocenters. The minimum atomic E-state index is -0.588. The van der Waals surface area contributed by atoms with E-state index >= 15 is 0 Å². The fourth-order valence-corrected chi connectivity index (χ4v) is 7.52. The van der Waals surface area contributed by atoms with Gasteiger partial charge in [-0.25, -0.2) is 18.1 Å². The van der Waals surface area contributed by atoms with Gasteiger partial charge in [-0.05, 0) is 89.8 Å². The number of aliphatic hydroxyl groups is 2. The number of nitrogens with one attached hydrogen (secondary N) is 2. The Morgan fingerprint density at radius 2 is 0.953 bits per heavy atom. The van der Waals surface area contributed by atoms with Crippen LogP contribution in [0, 0.1) is 39.3 Å². The minimum absolute atomic E-state index is 0.326. The molecule has 64 heavy (non-hydrogen) atoms. The first-order valence-corrected chi connectivity index (χ1v) is 21.2. The third-order valence-electron chi connectivity index (χ3n) is 10.7. The molecule has 0 aliphatic carbocycles. The molecule has 0 aliphatic heterocycles. The SMILES string of the molecule is CCOc1ccc(-n2nc3c(NCC[C@@H](O)c4ccccc4)nnc(C)c3c2C)c(F)c1.CCOc1ccc(-n2nc3c(NCC[C@H](O)c4ccccc4)nnc(C)c3c2C)c(F)c1. The Morgan fingerprint density at radius 1 is 0.562 bits per heavy atom. The molecule has 4 N–H and O–H groups in total. The van der Waals surface area contributed by atoms with E-state index < -0.39 is 23.8 Å². The number of fused-ring (bicyclic) bond motifs is 2. The third kappa shape index (κ3) is 9.93. The van der Waals surface area contributed by atoms with Crippen LogP contribution in [0.1, 0.15) is 72.8 Å². The standard InChI is InChI=1S/2C24H26FN5O2/c2*1-4-32-18-10-11-20(19(25)14-18)30-16(3)22-15(2)27-28-24(23(22)29-30)26-13-12-21(31)17-8-6-5-7-9-17/h2*5-11,14,21,31H,4,12-13H2,1-3H3,(H,26,28)/t2*21-/m10/s1. The number of aromatic nitrogens is 8. The zero-order chi connectivity index (χ0) is 45.3. The quantitative estimate of drug-likeness (QED) is 0.0728. The van der Waals surface area contributed by atoms with Crippen LogP contribution in [0.5, 0.6) is 11.5 Å². The van der Waals surface area contributed by atoms with Crippen molar-refractivity contribution in [1.82, 2.24) is 40.0 Å². The fourth-order valence-electron chi connectivity index (χ4n) is 7.52. The predicted molar refractivity (Wildman–Crippen MR) is 244 cm³/mol. The second-order valence-electron chi connectivity index (χ2n) is 15.1. The van der Waals surface area contributed by atoms with Gasteiger partial charge in [-0.1, -0.05) is 60.7 Å². The molecule has 2 atom stereocenters. The molecule has 0 amide bonds. The van der Waals surface area contributed by atoms with Crippen LogP contribution >= 0.6 is 0 Å². The minimum Gasteiger partial charge on any atom is -0.494 e. The summed E-state index contributed by atoms with van der Waals surface area (Å²) in [6.45, 7) is 13.1. The summed E-state index contributed by atoms with van der Waals surface area (Å²) in [6, 6.07) is 28.5. The second kappa shape index (κ2) is 20.4. The summed E-state index contributed by atoms with van der Waals surface area (Å²) in [7, 11) is 0. The molecule has 0 saturated carbocycles. The summed E-state index contributed by atoms with van der Waals surface area (Å²) in [5.74, 6) is 1.10. The van der Waals surface area contributed by atoms with Crippen molar-refractivity contribution >= 4 is 33.4 Å². The first kappa shape index (κ1) is 45.0. The Kier molecular flexibility index (Phi) is 14.4. The number of hydrogen-bond acceptors (Lipinski definition) is 12. The molecule has 4 aromatic carbocycles. The summed E-state index contributed by atoms with van der Waals surface area (Å²) in [5, 5.41) is 55.2. The summed E-state index contributed by atoms with van der Waals surface area (Å²) < 4.78 is 43.5. The van der Waals surface area contributed by atoms with E-state index in [1.165, 1.54) is 12.1 Å². The number of halogens is 2. The van der Waals surface area contributed by atoms with Crippen LogP contribution in [0.4, 0.5) is 20.4 Å². The Balaban J connectivity index is 0.000000191. The van der Waals surface area contributed by atoms with Gasteiger partial charge in [0.2, 0.25) is 0 Å². The lowest BCUT2D eigenvalue weighted by Gasteiger charge is -2.12. The monoisotopic (exact) mass is 870 g/mol. The number of hydrogen-bond donors (Lipinski definition) is 4. The first-order chi connectivity index (χ1) is 31.0. The fraction of sp³-hybridized carbons (Fsp3) is 0.292. The second-order valence-corrected chi connectivity index (χ2v) is 15.1. The molecule has 8 aromatic rings. The van der Waals surface area contributed by atoms with Gasteiger partial charge in [0.05, 0.1) is 59.0 Å². The van der Waals surface area contributed by atoms with Crippen LogP contribution in [-0.2, 0) is 0 Å².